The fraction of sp³-hybridized carbons (Fsp3) is 0.350. The Morgan fingerprint density at radius 3 is 2.21 bits per heavy atom. The van der Waals surface area contributed by atoms with E-state index in [1.807, 2.05) is 37.4 Å². The van der Waals surface area contributed by atoms with E-state index >= 15 is 0 Å². The fourth-order valence-corrected chi connectivity index (χ4v) is 2.99. The van der Waals surface area contributed by atoms with Gasteiger partial charge in [-0.2, -0.15) is 0 Å². The van der Waals surface area contributed by atoms with Crippen LogP contribution >= 0.6 is 0 Å². The van der Waals surface area contributed by atoms with Crippen LogP contribution in [0.5, 0.6) is 5.75 Å². The van der Waals surface area contributed by atoms with Crippen molar-refractivity contribution in [2.24, 2.45) is 0 Å². The molecule has 0 fully saturated rings. The maximum atomic E-state index is 12.2. The van der Waals surface area contributed by atoms with E-state index in [0.29, 0.717) is 24.5 Å². The number of nitrogens with one attached hydrogen (secondary N) is 1. The van der Waals surface area contributed by atoms with Gasteiger partial charge in [0.1, 0.15) is 5.75 Å². The van der Waals surface area contributed by atoms with Crippen molar-refractivity contribution < 1.29 is 17.9 Å². The Hall–Kier alpha value is -2.74. The molecule has 0 saturated heterocycles. The smallest absolute Gasteiger partial charge is 0.260 e. The van der Waals surface area contributed by atoms with Crippen LogP contribution in [0.25, 0.3) is 0 Å². The first-order valence-corrected chi connectivity index (χ1v) is 10.8. The number of sulfonamides is 1. The summed E-state index contributed by atoms with van der Waals surface area (Å²) in [4.78, 5) is 14.3. The SMILES string of the molecule is C[C@@H](Oc1ccc(N(C)S(C)(=O)=O)cc1)C(=O)NCCN(C)c1ccccc1. The summed E-state index contributed by atoms with van der Waals surface area (Å²) in [6, 6.07) is 16.5. The molecule has 0 aliphatic carbocycles. The Morgan fingerprint density at radius 1 is 1.04 bits per heavy atom. The van der Waals surface area contributed by atoms with Gasteiger partial charge in [-0.25, -0.2) is 8.42 Å². The van der Waals surface area contributed by atoms with Gasteiger partial charge in [-0.1, -0.05) is 18.2 Å². The lowest BCUT2D eigenvalue weighted by molar-refractivity contribution is -0.127. The summed E-state index contributed by atoms with van der Waals surface area (Å²) in [5, 5.41) is 2.86. The number of rotatable bonds is 9. The van der Waals surface area contributed by atoms with Crippen molar-refractivity contribution in [2.75, 3.05) is 42.6 Å². The Kier molecular flexibility index (Phi) is 7.28. The van der Waals surface area contributed by atoms with E-state index in [9.17, 15) is 13.2 Å². The molecule has 0 bridgehead atoms. The number of carbonyl (C=O) groups is 1. The highest BCUT2D eigenvalue weighted by Crippen LogP contribution is 2.21. The first kappa shape index (κ1) is 21.6. The van der Waals surface area contributed by atoms with Crippen molar-refractivity contribution >= 4 is 27.3 Å². The summed E-state index contributed by atoms with van der Waals surface area (Å²) in [6.07, 6.45) is 0.472. The number of amides is 1. The maximum Gasteiger partial charge on any atom is 0.260 e. The van der Waals surface area contributed by atoms with Crippen molar-refractivity contribution in [3.8, 4) is 5.75 Å². The van der Waals surface area contributed by atoms with E-state index < -0.39 is 16.1 Å². The Labute approximate surface area is 167 Å². The third kappa shape index (κ3) is 6.16. The first-order valence-electron chi connectivity index (χ1n) is 8.93. The zero-order chi connectivity index (χ0) is 20.7. The van der Waals surface area contributed by atoms with Crippen molar-refractivity contribution in [3.05, 3.63) is 54.6 Å². The number of anilines is 2. The zero-order valence-electron chi connectivity index (χ0n) is 16.6. The van der Waals surface area contributed by atoms with Gasteiger partial charge in [-0.3, -0.25) is 9.10 Å². The highest BCUT2D eigenvalue weighted by atomic mass is 32.2. The average Bonchev–Trinajstić information content (AvgIpc) is 2.67. The molecule has 2 aromatic rings. The molecule has 0 aromatic heterocycles. The molecule has 0 saturated carbocycles. The second-order valence-electron chi connectivity index (χ2n) is 6.53. The van der Waals surface area contributed by atoms with Gasteiger partial charge in [0.2, 0.25) is 10.0 Å². The Morgan fingerprint density at radius 2 is 1.64 bits per heavy atom. The quantitative estimate of drug-likeness (QED) is 0.691. The first-order chi connectivity index (χ1) is 13.2. The highest BCUT2D eigenvalue weighted by molar-refractivity contribution is 7.92. The lowest BCUT2D eigenvalue weighted by atomic mass is 10.3. The number of carbonyl (C=O) groups excluding carboxylic acids is 1. The lowest BCUT2D eigenvalue weighted by Gasteiger charge is -2.21. The van der Waals surface area contributed by atoms with Crippen molar-refractivity contribution in [1.82, 2.24) is 5.32 Å². The second kappa shape index (κ2) is 9.45. The number of hydrogen-bond donors (Lipinski definition) is 1. The molecular weight excluding hydrogens is 378 g/mol. The fourth-order valence-electron chi connectivity index (χ4n) is 2.49. The lowest BCUT2D eigenvalue weighted by Crippen LogP contribution is -2.40. The van der Waals surface area contributed by atoms with Crippen LogP contribution in [0.15, 0.2) is 54.6 Å². The van der Waals surface area contributed by atoms with Gasteiger partial charge in [0, 0.05) is 32.9 Å². The van der Waals surface area contributed by atoms with E-state index in [0.717, 1.165) is 11.9 Å². The average molecular weight is 406 g/mol. The van der Waals surface area contributed by atoms with E-state index in [2.05, 4.69) is 10.2 Å². The van der Waals surface area contributed by atoms with Gasteiger partial charge in [0.05, 0.1) is 11.9 Å². The monoisotopic (exact) mass is 405 g/mol. The Bertz CT molecular complexity index is 870. The van der Waals surface area contributed by atoms with Crippen molar-refractivity contribution in [3.63, 3.8) is 0 Å². The molecule has 28 heavy (non-hydrogen) atoms. The minimum atomic E-state index is -3.32. The van der Waals surface area contributed by atoms with Gasteiger partial charge < -0.3 is 15.0 Å². The molecular formula is C20H27N3O4S. The van der Waals surface area contributed by atoms with Crippen LogP contribution in [-0.2, 0) is 14.8 Å². The van der Waals surface area contributed by atoms with Crippen LogP contribution in [0, 0.1) is 0 Å². The van der Waals surface area contributed by atoms with Gasteiger partial charge in [0.15, 0.2) is 6.10 Å². The van der Waals surface area contributed by atoms with Crippen LogP contribution in [0.2, 0.25) is 0 Å². The molecule has 0 radical (unpaired) electrons. The summed E-state index contributed by atoms with van der Waals surface area (Å²) in [5.74, 6) is 0.286. The molecule has 1 atom stereocenters. The third-order valence-electron chi connectivity index (χ3n) is 4.32. The summed E-state index contributed by atoms with van der Waals surface area (Å²) >= 11 is 0. The molecule has 0 unspecified atom stereocenters. The van der Waals surface area contributed by atoms with Gasteiger partial charge in [-0.15, -0.1) is 0 Å². The molecule has 0 aliphatic rings. The largest absolute Gasteiger partial charge is 0.481 e. The molecule has 8 heteroatoms. The molecule has 2 rings (SSSR count). The van der Waals surface area contributed by atoms with E-state index in [-0.39, 0.29) is 5.91 Å². The summed E-state index contributed by atoms with van der Waals surface area (Å²) in [6.45, 7) is 2.85. The van der Waals surface area contributed by atoms with Gasteiger partial charge in [0.25, 0.3) is 5.91 Å². The third-order valence-corrected chi connectivity index (χ3v) is 5.53. The predicted molar refractivity (Wildman–Crippen MR) is 113 cm³/mol. The molecule has 0 spiro atoms. The van der Waals surface area contributed by atoms with E-state index in [1.165, 1.54) is 11.4 Å². The molecule has 1 N–H and O–H groups in total. The van der Waals surface area contributed by atoms with Gasteiger partial charge >= 0.3 is 0 Å². The maximum absolute atomic E-state index is 12.2. The Balaban J connectivity index is 1.82. The molecule has 2 aromatic carbocycles. The molecule has 0 aliphatic heterocycles. The van der Waals surface area contributed by atoms with Crippen molar-refractivity contribution in [1.29, 1.82) is 0 Å². The predicted octanol–water partition coefficient (Wildman–Crippen LogP) is 2.10. The number of hydrogen-bond acceptors (Lipinski definition) is 5. The van der Waals surface area contributed by atoms with E-state index in [4.69, 9.17) is 4.74 Å². The van der Waals surface area contributed by atoms with Crippen LogP contribution in [-0.4, -0.2) is 53.9 Å². The van der Waals surface area contributed by atoms with E-state index in [1.54, 1.807) is 31.2 Å². The highest BCUT2D eigenvalue weighted by Gasteiger charge is 2.16. The zero-order valence-corrected chi connectivity index (χ0v) is 17.4. The van der Waals surface area contributed by atoms with Crippen LogP contribution in [0.4, 0.5) is 11.4 Å². The number of likely N-dealkylation sites (N-methyl/N-ethyl adjacent to an activating group) is 1. The number of nitrogens with zero attached hydrogens (tertiary/aromatic N) is 2. The summed E-state index contributed by atoms with van der Waals surface area (Å²) in [5.41, 5.74) is 1.61. The molecule has 7 nitrogen and oxygen atoms in total. The number of para-hydroxylation sites is 1. The molecule has 1 amide bonds. The minimum Gasteiger partial charge on any atom is -0.481 e. The summed E-state index contributed by atoms with van der Waals surface area (Å²) in [7, 11) is 0.130. The van der Waals surface area contributed by atoms with Crippen LogP contribution < -0.4 is 19.3 Å². The topological polar surface area (TPSA) is 78.9 Å². The van der Waals surface area contributed by atoms with Gasteiger partial charge in [-0.05, 0) is 43.3 Å². The number of ether oxygens (including phenoxy) is 1. The standard InChI is InChI=1S/C20H27N3O4S/c1-16(20(24)21-14-15-22(2)17-8-6-5-7-9-17)27-19-12-10-18(11-13-19)23(3)28(4,25)26/h5-13,16H,14-15H2,1-4H3,(H,21,24)/t16-/m1/s1. The minimum absolute atomic E-state index is 0.209. The molecule has 0 heterocycles. The van der Waals surface area contributed by atoms with Crippen molar-refractivity contribution in [2.45, 2.75) is 13.0 Å². The molecule has 152 valence electrons. The van der Waals surface area contributed by atoms with Crippen LogP contribution in [0.3, 0.4) is 0 Å². The summed E-state index contributed by atoms with van der Waals surface area (Å²) < 4.78 is 29.9. The second-order valence-corrected chi connectivity index (χ2v) is 8.55. The van der Waals surface area contributed by atoms with Crippen LogP contribution in [0.1, 0.15) is 6.92 Å². The normalized spacial score (nSPS) is 12.1. The number of benzene rings is 2.